The van der Waals surface area contributed by atoms with Crippen LogP contribution in [0.2, 0.25) is 0 Å². The predicted octanol–water partition coefficient (Wildman–Crippen LogP) is -2.03. The lowest BCUT2D eigenvalue weighted by atomic mass is 9.78. The highest BCUT2D eigenvalue weighted by Gasteiger charge is 2.60. The summed E-state index contributed by atoms with van der Waals surface area (Å²) in [6.07, 6.45) is 3.17. The normalized spacial score (nSPS) is 29.8. The zero-order valence-electron chi connectivity index (χ0n) is 23.1. The van der Waals surface area contributed by atoms with Crippen LogP contribution in [0.1, 0.15) is 33.1 Å². The zero-order valence-corrected chi connectivity index (χ0v) is 23.9. The summed E-state index contributed by atoms with van der Waals surface area (Å²) in [4.78, 5) is 55.0. The molecule has 0 aromatic carbocycles. The number of hydrogen-bond acceptors (Lipinski definition) is 11. The second-order valence-electron chi connectivity index (χ2n) is 11.5. The number of amides is 3. The van der Waals surface area contributed by atoms with Gasteiger partial charge >= 0.3 is 5.97 Å². The molecule has 0 saturated carbocycles. The first kappa shape index (κ1) is 29.4. The molecule has 4 aliphatic rings. The number of carboxylic acid groups (broad SMARTS) is 1. The van der Waals surface area contributed by atoms with Crippen LogP contribution in [-0.2, 0) is 25.7 Å². The van der Waals surface area contributed by atoms with Crippen LogP contribution in [0, 0.1) is 17.3 Å². The van der Waals surface area contributed by atoms with Crippen LogP contribution >= 0.6 is 11.8 Å². The first-order chi connectivity index (χ1) is 19.6. The number of rotatable bonds is 10. The monoisotopic (exact) mass is 591 g/mol. The molecular weight excluding hydrogens is 554 g/mol. The van der Waals surface area contributed by atoms with Crippen LogP contribution in [0.5, 0.6) is 0 Å². The highest BCUT2D eigenvalue weighted by atomic mass is 32.2. The lowest BCUT2D eigenvalue weighted by Crippen LogP contribution is -2.66. The van der Waals surface area contributed by atoms with E-state index < -0.39 is 17.9 Å². The third kappa shape index (κ3) is 5.45. The number of carboxylic acids is 1. The molecule has 6 atom stereocenters. The van der Waals surface area contributed by atoms with E-state index in [-0.39, 0.29) is 65.2 Å². The van der Waals surface area contributed by atoms with Gasteiger partial charge in [-0.2, -0.15) is 0 Å². The molecule has 224 valence electrons. The maximum atomic E-state index is 13.2. The third-order valence-corrected chi connectivity index (χ3v) is 10.5. The van der Waals surface area contributed by atoms with E-state index in [9.17, 15) is 29.4 Å². The van der Waals surface area contributed by atoms with Gasteiger partial charge in [-0.15, -0.1) is 16.9 Å². The van der Waals surface area contributed by atoms with Gasteiger partial charge in [-0.05, 0) is 36.6 Å². The molecule has 6 N–H and O–H groups in total. The Morgan fingerprint density at radius 3 is 2.66 bits per heavy atom. The summed E-state index contributed by atoms with van der Waals surface area (Å²) < 4.78 is 1.27. The molecule has 0 radical (unpaired) electrons. The average Bonchev–Trinajstić information content (AvgIpc) is 3.69. The van der Waals surface area contributed by atoms with E-state index in [2.05, 4.69) is 26.2 Å². The van der Waals surface area contributed by atoms with E-state index in [1.54, 1.807) is 6.92 Å². The SMILES string of the molecule is C[C@@H](NC(=O)Cn1cnnn1)[C@H]1C(=O)N2C(C(=O)O)=C(S[C@@H]3CN[C@H](C(=O)N4CCC(CN)(CO)CC4)C3)[C@H](C)[C@H]12. The molecule has 0 bridgehead atoms. The van der Waals surface area contributed by atoms with E-state index in [0.29, 0.717) is 50.3 Å². The molecule has 16 heteroatoms. The van der Waals surface area contributed by atoms with Crippen molar-refractivity contribution in [1.82, 2.24) is 40.6 Å². The van der Waals surface area contributed by atoms with Crippen molar-refractivity contribution in [2.24, 2.45) is 23.0 Å². The maximum absolute atomic E-state index is 13.2. The topological polar surface area (TPSA) is 209 Å². The largest absolute Gasteiger partial charge is 0.477 e. The summed E-state index contributed by atoms with van der Waals surface area (Å²) in [6, 6.07) is -1.27. The molecule has 41 heavy (non-hydrogen) atoms. The fraction of sp³-hybridized carbons (Fsp3) is 0.720. The van der Waals surface area contributed by atoms with Gasteiger partial charge in [-0.3, -0.25) is 14.4 Å². The Kier molecular flexibility index (Phi) is 8.36. The molecule has 5 heterocycles. The minimum absolute atomic E-state index is 0.00565. The Labute approximate surface area is 241 Å². The van der Waals surface area contributed by atoms with Crippen molar-refractivity contribution >= 4 is 35.5 Å². The van der Waals surface area contributed by atoms with E-state index in [1.807, 2.05) is 11.8 Å². The smallest absolute Gasteiger partial charge is 0.353 e. The summed E-state index contributed by atoms with van der Waals surface area (Å²) in [6.45, 7) is 5.58. The van der Waals surface area contributed by atoms with Crippen molar-refractivity contribution in [3.63, 3.8) is 0 Å². The molecule has 3 amide bonds. The zero-order chi connectivity index (χ0) is 29.5. The van der Waals surface area contributed by atoms with Crippen LogP contribution in [-0.4, -0.2) is 120 Å². The van der Waals surface area contributed by atoms with Gasteiger partial charge in [0.2, 0.25) is 17.7 Å². The Hall–Kier alpha value is -3.08. The van der Waals surface area contributed by atoms with Gasteiger partial charge < -0.3 is 36.4 Å². The number of carbonyl (C=O) groups is 4. The summed E-state index contributed by atoms with van der Waals surface area (Å²) in [5.74, 6) is -2.65. The van der Waals surface area contributed by atoms with Crippen molar-refractivity contribution in [3.05, 3.63) is 16.9 Å². The van der Waals surface area contributed by atoms with Crippen LogP contribution in [0.3, 0.4) is 0 Å². The molecule has 15 nitrogen and oxygen atoms in total. The predicted molar refractivity (Wildman–Crippen MR) is 146 cm³/mol. The number of nitrogens with two attached hydrogens (primary N) is 1. The second-order valence-corrected chi connectivity index (χ2v) is 12.9. The van der Waals surface area contributed by atoms with Gasteiger partial charge in [0.15, 0.2) is 0 Å². The summed E-state index contributed by atoms with van der Waals surface area (Å²) in [5, 5.41) is 36.5. The number of aromatic nitrogens is 4. The average molecular weight is 592 g/mol. The molecule has 5 rings (SSSR count). The fourth-order valence-electron chi connectivity index (χ4n) is 6.50. The van der Waals surface area contributed by atoms with Crippen LogP contribution < -0.4 is 16.4 Å². The highest BCUT2D eigenvalue weighted by molar-refractivity contribution is 8.03. The van der Waals surface area contributed by atoms with Crippen molar-refractivity contribution < 1.29 is 29.4 Å². The minimum Gasteiger partial charge on any atom is -0.477 e. The highest BCUT2D eigenvalue weighted by Crippen LogP contribution is 2.52. The van der Waals surface area contributed by atoms with E-state index in [1.165, 1.54) is 27.7 Å². The number of thioether (sulfide) groups is 1. The van der Waals surface area contributed by atoms with Crippen LogP contribution in [0.15, 0.2) is 16.9 Å². The number of aliphatic carboxylic acids is 1. The van der Waals surface area contributed by atoms with E-state index in [0.717, 1.165) is 0 Å². The van der Waals surface area contributed by atoms with Crippen molar-refractivity contribution in [3.8, 4) is 0 Å². The number of β-lactam (4-membered cyclic amide) rings is 1. The second kappa shape index (κ2) is 11.7. The van der Waals surface area contributed by atoms with Crippen molar-refractivity contribution in [2.45, 2.75) is 63.0 Å². The Morgan fingerprint density at radius 1 is 1.32 bits per heavy atom. The molecule has 0 aliphatic carbocycles. The molecule has 3 fully saturated rings. The number of tetrazole rings is 1. The number of aliphatic hydroxyl groups is 1. The van der Waals surface area contributed by atoms with E-state index >= 15 is 0 Å². The van der Waals surface area contributed by atoms with Crippen molar-refractivity contribution in [1.29, 1.82) is 0 Å². The van der Waals surface area contributed by atoms with Gasteiger partial charge in [0.25, 0.3) is 0 Å². The number of likely N-dealkylation sites (tertiary alicyclic amines) is 1. The van der Waals surface area contributed by atoms with Crippen LogP contribution in [0.25, 0.3) is 0 Å². The van der Waals surface area contributed by atoms with Crippen molar-refractivity contribution in [2.75, 3.05) is 32.8 Å². The molecule has 1 aromatic heterocycles. The Morgan fingerprint density at radius 2 is 2.05 bits per heavy atom. The summed E-state index contributed by atoms with van der Waals surface area (Å²) in [5.41, 5.74) is 5.53. The van der Waals surface area contributed by atoms with E-state index in [4.69, 9.17) is 5.73 Å². The number of fused-ring (bicyclic) bond motifs is 1. The maximum Gasteiger partial charge on any atom is 0.353 e. The summed E-state index contributed by atoms with van der Waals surface area (Å²) in [7, 11) is 0. The van der Waals surface area contributed by atoms with Gasteiger partial charge in [-0.1, -0.05) is 6.92 Å². The van der Waals surface area contributed by atoms with Gasteiger partial charge in [0, 0.05) is 53.7 Å². The molecular formula is C25H37N9O6S. The number of carbonyl (C=O) groups excluding carboxylic acids is 3. The first-order valence-electron chi connectivity index (χ1n) is 13.9. The number of nitrogens with zero attached hydrogens (tertiary/aromatic N) is 6. The number of hydrogen-bond donors (Lipinski definition) is 5. The fourth-order valence-corrected chi connectivity index (χ4v) is 7.97. The third-order valence-electron chi connectivity index (χ3n) is 9.00. The van der Waals surface area contributed by atoms with Gasteiger partial charge in [-0.25, -0.2) is 9.48 Å². The summed E-state index contributed by atoms with van der Waals surface area (Å²) >= 11 is 1.42. The molecule has 0 unspecified atom stereocenters. The number of nitrogens with one attached hydrogen (secondary N) is 2. The van der Waals surface area contributed by atoms with Gasteiger partial charge in [0.1, 0.15) is 18.6 Å². The number of piperidine rings is 1. The molecule has 0 spiro atoms. The number of aliphatic hydroxyl groups excluding tert-OH is 1. The lowest BCUT2D eigenvalue weighted by molar-refractivity contribution is -0.158. The molecule has 4 aliphatic heterocycles. The Bertz CT molecular complexity index is 1210. The van der Waals surface area contributed by atoms with Crippen LogP contribution in [0.4, 0.5) is 0 Å². The first-order valence-corrected chi connectivity index (χ1v) is 14.8. The van der Waals surface area contributed by atoms with Gasteiger partial charge in [0.05, 0.1) is 24.6 Å². The Balaban J connectivity index is 1.20. The lowest BCUT2D eigenvalue weighted by Gasteiger charge is -2.47. The standard InChI is InChI=1S/C25H37N9O6S/c1-13-19-18(14(2)29-17(36)9-33-12-28-30-31-33)23(38)34(19)20(24(39)40)21(13)41-15-7-16(27-8-15)22(37)32-5-3-25(10-26,11-35)4-6-32/h12-16,18-19,27,35H,3-11,26H2,1-2H3,(H,29,36)(H,39,40)/t13-,14-,15+,16+,18-,19-/m1/s1. The molecule has 3 saturated heterocycles. The molecule has 1 aromatic rings. The minimum atomic E-state index is -1.16. The quantitative estimate of drug-likeness (QED) is 0.187.